The summed E-state index contributed by atoms with van der Waals surface area (Å²) >= 11 is 0. The Bertz CT molecular complexity index is 659. The standard InChI is InChI=1S/C11H9FN4O5/c12-5-1-2-6(16(20)21)10(13)9(5)11(19)15-3-7(17)14-8(18)4-15/h1-2H,3-4,13H2,(H,14,17,18). The van der Waals surface area contributed by atoms with Crippen LogP contribution in [0.4, 0.5) is 15.8 Å². The molecular weight excluding hydrogens is 287 g/mol. The lowest BCUT2D eigenvalue weighted by molar-refractivity contribution is -0.384. The molecular formula is C11H9FN4O5. The van der Waals surface area contributed by atoms with Gasteiger partial charge in [0.05, 0.1) is 4.92 Å². The smallest absolute Gasteiger partial charge is 0.293 e. The quantitative estimate of drug-likeness (QED) is 0.324. The number of carbonyl (C=O) groups excluding carboxylic acids is 3. The van der Waals surface area contributed by atoms with Gasteiger partial charge in [0.2, 0.25) is 11.8 Å². The zero-order valence-corrected chi connectivity index (χ0v) is 10.5. The predicted molar refractivity (Wildman–Crippen MR) is 66.5 cm³/mol. The van der Waals surface area contributed by atoms with Crippen LogP contribution >= 0.6 is 0 Å². The third-order valence-electron chi connectivity index (χ3n) is 2.82. The molecule has 10 heteroatoms. The van der Waals surface area contributed by atoms with Gasteiger partial charge in [-0.1, -0.05) is 0 Å². The minimum atomic E-state index is -1.07. The van der Waals surface area contributed by atoms with Crippen LogP contribution in [-0.2, 0) is 9.59 Å². The van der Waals surface area contributed by atoms with Gasteiger partial charge in [0.15, 0.2) is 0 Å². The number of halogens is 1. The van der Waals surface area contributed by atoms with Crippen molar-refractivity contribution in [2.24, 2.45) is 0 Å². The van der Waals surface area contributed by atoms with E-state index in [2.05, 4.69) is 0 Å². The lowest BCUT2D eigenvalue weighted by Crippen LogP contribution is -2.53. The average Bonchev–Trinajstić information content (AvgIpc) is 2.36. The molecule has 1 fully saturated rings. The van der Waals surface area contributed by atoms with Crippen molar-refractivity contribution in [2.75, 3.05) is 18.8 Å². The van der Waals surface area contributed by atoms with Crippen molar-refractivity contribution in [2.45, 2.75) is 0 Å². The molecule has 3 N–H and O–H groups in total. The van der Waals surface area contributed by atoms with Gasteiger partial charge in [-0.25, -0.2) is 4.39 Å². The van der Waals surface area contributed by atoms with Gasteiger partial charge in [0.1, 0.15) is 30.2 Å². The molecule has 21 heavy (non-hydrogen) atoms. The number of nitrogen functional groups attached to an aromatic ring is 1. The molecule has 0 bridgehead atoms. The van der Waals surface area contributed by atoms with Crippen LogP contribution in [0.1, 0.15) is 10.4 Å². The number of nitrogens with zero attached hydrogens (tertiary/aromatic N) is 2. The van der Waals surface area contributed by atoms with Gasteiger partial charge in [-0.3, -0.25) is 29.8 Å². The van der Waals surface area contributed by atoms with E-state index in [1.165, 1.54) is 0 Å². The van der Waals surface area contributed by atoms with Crippen molar-refractivity contribution in [3.63, 3.8) is 0 Å². The number of imide groups is 1. The van der Waals surface area contributed by atoms with Crippen molar-refractivity contribution < 1.29 is 23.7 Å². The number of nitro groups is 1. The molecule has 1 heterocycles. The average molecular weight is 296 g/mol. The Labute approximate surface area is 116 Å². The summed E-state index contributed by atoms with van der Waals surface area (Å²) in [6.07, 6.45) is 0. The summed E-state index contributed by atoms with van der Waals surface area (Å²) in [4.78, 5) is 45.2. The third-order valence-corrected chi connectivity index (χ3v) is 2.82. The molecule has 110 valence electrons. The van der Waals surface area contributed by atoms with Crippen LogP contribution < -0.4 is 11.1 Å². The first-order chi connectivity index (χ1) is 9.81. The van der Waals surface area contributed by atoms with Crippen LogP contribution in [0.2, 0.25) is 0 Å². The molecule has 1 aromatic carbocycles. The largest absolute Gasteiger partial charge is 0.392 e. The van der Waals surface area contributed by atoms with Gasteiger partial charge >= 0.3 is 0 Å². The van der Waals surface area contributed by atoms with Crippen LogP contribution in [0.15, 0.2) is 12.1 Å². The summed E-state index contributed by atoms with van der Waals surface area (Å²) in [7, 11) is 0. The highest BCUT2D eigenvalue weighted by atomic mass is 19.1. The van der Waals surface area contributed by atoms with E-state index in [1.807, 2.05) is 5.32 Å². The van der Waals surface area contributed by atoms with E-state index in [0.717, 1.165) is 17.0 Å². The number of nitrogens with two attached hydrogens (primary N) is 1. The van der Waals surface area contributed by atoms with Crippen LogP contribution in [0, 0.1) is 15.9 Å². The maximum atomic E-state index is 13.8. The van der Waals surface area contributed by atoms with Crippen LogP contribution in [0.25, 0.3) is 0 Å². The van der Waals surface area contributed by atoms with E-state index in [-0.39, 0.29) is 0 Å². The van der Waals surface area contributed by atoms with E-state index in [9.17, 15) is 28.9 Å². The molecule has 1 aliphatic heterocycles. The van der Waals surface area contributed by atoms with Crippen molar-refractivity contribution in [1.82, 2.24) is 10.2 Å². The summed E-state index contributed by atoms with van der Waals surface area (Å²) in [6, 6.07) is 1.56. The number of anilines is 1. The van der Waals surface area contributed by atoms with E-state index in [4.69, 9.17) is 5.73 Å². The summed E-state index contributed by atoms with van der Waals surface area (Å²) in [5, 5.41) is 12.7. The predicted octanol–water partition coefficient (Wildman–Crippen LogP) is -0.585. The molecule has 1 aliphatic rings. The van der Waals surface area contributed by atoms with Crippen LogP contribution in [0.3, 0.4) is 0 Å². The van der Waals surface area contributed by atoms with Gasteiger partial charge in [-0.2, -0.15) is 0 Å². The van der Waals surface area contributed by atoms with Gasteiger partial charge in [-0.15, -0.1) is 0 Å². The summed E-state index contributed by atoms with van der Waals surface area (Å²) in [5.41, 5.74) is 3.44. The maximum Gasteiger partial charge on any atom is 0.293 e. The van der Waals surface area contributed by atoms with E-state index < -0.39 is 58.5 Å². The number of rotatable bonds is 2. The number of benzene rings is 1. The fourth-order valence-electron chi connectivity index (χ4n) is 1.90. The Morgan fingerprint density at radius 2 is 1.90 bits per heavy atom. The minimum absolute atomic E-state index is 0.466. The molecule has 0 aliphatic carbocycles. The molecule has 0 spiro atoms. The second-order valence-corrected chi connectivity index (χ2v) is 4.24. The number of nitrogens with one attached hydrogen (secondary N) is 1. The number of carbonyl (C=O) groups is 3. The number of piperazine rings is 1. The summed E-state index contributed by atoms with van der Waals surface area (Å²) in [6.45, 7) is -0.932. The highest BCUT2D eigenvalue weighted by molar-refractivity contribution is 6.08. The Hall–Kier alpha value is -3.04. The van der Waals surface area contributed by atoms with Gasteiger partial charge in [-0.05, 0) is 6.07 Å². The number of nitro benzene ring substituents is 1. The highest BCUT2D eigenvalue weighted by Gasteiger charge is 2.32. The number of hydrogen-bond donors (Lipinski definition) is 2. The molecule has 0 unspecified atom stereocenters. The van der Waals surface area contributed by atoms with Crippen molar-refractivity contribution >= 4 is 29.1 Å². The normalized spacial score (nSPS) is 14.8. The summed E-state index contributed by atoms with van der Waals surface area (Å²) < 4.78 is 13.8. The van der Waals surface area contributed by atoms with E-state index >= 15 is 0 Å². The number of amides is 3. The van der Waals surface area contributed by atoms with Crippen molar-refractivity contribution in [1.29, 1.82) is 0 Å². The molecule has 0 aromatic heterocycles. The van der Waals surface area contributed by atoms with Gasteiger partial charge in [0, 0.05) is 6.07 Å². The van der Waals surface area contributed by atoms with E-state index in [0.29, 0.717) is 0 Å². The monoisotopic (exact) mass is 296 g/mol. The minimum Gasteiger partial charge on any atom is -0.392 e. The zero-order chi connectivity index (χ0) is 15.7. The van der Waals surface area contributed by atoms with Gasteiger partial charge in [0.25, 0.3) is 11.6 Å². The Kier molecular flexibility index (Phi) is 3.52. The van der Waals surface area contributed by atoms with Crippen LogP contribution in [-0.4, -0.2) is 40.6 Å². The Balaban J connectivity index is 2.43. The topological polar surface area (TPSA) is 136 Å². The maximum absolute atomic E-state index is 13.8. The molecule has 1 saturated heterocycles. The third kappa shape index (κ3) is 2.63. The second kappa shape index (κ2) is 5.15. The second-order valence-electron chi connectivity index (χ2n) is 4.24. The van der Waals surface area contributed by atoms with Crippen molar-refractivity contribution in [3.8, 4) is 0 Å². The SMILES string of the molecule is Nc1c([N+](=O)[O-])ccc(F)c1C(=O)N1CC(=O)NC(=O)C1. The highest BCUT2D eigenvalue weighted by Crippen LogP contribution is 2.28. The fourth-order valence-corrected chi connectivity index (χ4v) is 1.90. The molecule has 0 radical (unpaired) electrons. The van der Waals surface area contributed by atoms with Gasteiger partial charge < -0.3 is 10.6 Å². The molecule has 3 amide bonds. The zero-order valence-electron chi connectivity index (χ0n) is 10.5. The van der Waals surface area contributed by atoms with E-state index in [1.54, 1.807) is 0 Å². The lowest BCUT2D eigenvalue weighted by Gasteiger charge is -2.25. The first-order valence-corrected chi connectivity index (χ1v) is 5.65. The molecule has 9 nitrogen and oxygen atoms in total. The fraction of sp³-hybridized carbons (Fsp3) is 0.182. The first-order valence-electron chi connectivity index (χ1n) is 5.65. The number of hydrogen-bond acceptors (Lipinski definition) is 6. The molecule has 2 rings (SSSR count). The Morgan fingerprint density at radius 1 is 1.33 bits per heavy atom. The lowest BCUT2D eigenvalue weighted by atomic mass is 10.1. The Morgan fingerprint density at radius 3 is 2.43 bits per heavy atom. The van der Waals surface area contributed by atoms with Crippen molar-refractivity contribution in [3.05, 3.63) is 33.6 Å². The molecule has 0 atom stereocenters. The molecule has 0 saturated carbocycles. The molecule has 1 aromatic rings. The first kappa shape index (κ1) is 14.4. The summed E-state index contributed by atoms with van der Waals surface area (Å²) in [5.74, 6) is -3.59. The van der Waals surface area contributed by atoms with Crippen LogP contribution in [0.5, 0.6) is 0 Å².